The van der Waals surface area contributed by atoms with Gasteiger partial charge in [-0.2, -0.15) is 0 Å². The van der Waals surface area contributed by atoms with Crippen molar-refractivity contribution in [3.8, 4) is 23.2 Å². The zero-order valence-electron chi connectivity index (χ0n) is 55.5. The number of hydrogen-bond acceptors (Lipinski definition) is 18. The number of pyridine rings is 2. The maximum absolute atomic E-state index is 15.4. The van der Waals surface area contributed by atoms with Gasteiger partial charge in [-0.3, -0.25) is 43.2 Å². The molecule has 10 rings (SSSR count). The van der Waals surface area contributed by atoms with Crippen LogP contribution >= 0.6 is 0 Å². The first-order chi connectivity index (χ1) is 48.4. The number of aliphatic hydroxyl groups is 1. The van der Waals surface area contributed by atoms with E-state index in [-0.39, 0.29) is 108 Å². The number of halogens is 1. The first-order valence-corrected chi connectivity index (χ1v) is 33.1. The molecule has 0 saturated carbocycles. The highest BCUT2D eigenvalue weighted by Crippen LogP contribution is 2.46. The van der Waals surface area contributed by atoms with Gasteiger partial charge < -0.3 is 80.2 Å². The quantitative estimate of drug-likeness (QED) is 0.0124. The molecule has 0 spiro atoms. The van der Waals surface area contributed by atoms with Gasteiger partial charge in [-0.25, -0.2) is 14.2 Å². The van der Waals surface area contributed by atoms with Gasteiger partial charge in [0.2, 0.25) is 47.3 Å². The Labute approximate surface area is 574 Å². The van der Waals surface area contributed by atoms with Crippen LogP contribution in [-0.4, -0.2) is 166 Å². The Kier molecular flexibility index (Phi) is 25.0. The number of para-hydroxylation sites is 1. The van der Waals surface area contributed by atoms with Crippen LogP contribution in [0.4, 0.5) is 10.1 Å². The Morgan fingerprint density at radius 3 is 2.10 bits per heavy atom. The number of cyclic esters (lactones) is 1. The third-order valence-corrected chi connectivity index (χ3v) is 17.5. The van der Waals surface area contributed by atoms with E-state index >= 15 is 4.39 Å². The second-order valence-corrected chi connectivity index (χ2v) is 24.1. The highest BCUT2D eigenvalue weighted by Gasteiger charge is 2.46. The number of rotatable bonds is 34. The molecule has 8 amide bonds. The molecule has 6 aromatic rings. The van der Waals surface area contributed by atoms with E-state index < -0.39 is 103 Å². The SMILES string of the molecule is CC[C@]1(O)C(=O)OCc2c1cc1n(c2=O)Cc2c-1nc1cc(F)c(C)c3c1c2C(NC(=O)COCNC(=O)CNC(=O)C(Cc1ccccc1)NC(=O)CNC(=O)CNC(=O)CCOCCOCCOCCOCCNC(=O)CCC(=O)N1Cc2ccccc2C#Cc2ccccc21)CC3. The van der Waals surface area contributed by atoms with Crippen molar-refractivity contribution in [2.45, 2.75) is 96.2 Å². The number of amides is 8. The van der Waals surface area contributed by atoms with Crippen molar-refractivity contribution in [2.75, 3.05) is 97.3 Å². The third-order valence-electron chi connectivity index (χ3n) is 17.5. The number of carbonyl (C=O) groups excluding carboxylic acids is 9. The van der Waals surface area contributed by atoms with Crippen molar-refractivity contribution in [3.63, 3.8) is 0 Å². The summed E-state index contributed by atoms with van der Waals surface area (Å²) < 4.78 is 49.7. The number of carbonyl (C=O) groups is 9. The summed E-state index contributed by atoms with van der Waals surface area (Å²) in [7, 11) is 0. The predicted molar refractivity (Wildman–Crippen MR) is 359 cm³/mol. The molecule has 3 aliphatic heterocycles. The fourth-order valence-corrected chi connectivity index (χ4v) is 12.2. The fourth-order valence-electron chi connectivity index (χ4n) is 12.2. The Bertz CT molecular complexity index is 4210. The van der Waals surface area contributed by atoms with Crippen molar-refractivity contribution >= 4 is 69.8 Å². The molecular formula is C72H79FN10O17. The molecule has 2 aromatic heterocycles. The van der Waals surface area contributed by atoms with Crippen LogP contribution in [0.15, 0.2) is 95.8 Å². The molecule has 0 radical (unpaired) electrons. The first kappa shape index (κ1) is 72.5. The standard InChI is InChI=1S/C72H79FN10O17/c1-3-72(94)52-34-58-68-50(40-83(58)70(92)51(52)41-100-71(72)93)67-54(20-19-49-44(2)53(73)35-55(81-68)66(49)67)79-64(89)42-99-43-78-62(87)37-77-69(91)56(33-45-11-5-4-6-12-45)80-63(88)38-76-61(86)36-75-60(85)23-25-95-27-29-97-31-32-98-30-28-96-26-24-74-59(84)21-22-65(90)82-39-48-15-8-7-13-46(48)17-18-47-14-9-10-16-57(47)82/h4-16,34-35,54,56,94H,3,19-33,36-43H2,1-2H3,(H,74,84)(H,75,85)(H,76,86)(H,77,91)(H,78,87)(H,79,89)(H,80,88)/t54?,56?,72-/m1/s1. The second kappa shape index (κ2) is 34.5. The van der Waals surface area contributed by atoms with E-state index in [2.05, 4.69) is 49.1 Å². The monoisotopic (exact) mass is 1370 g/mol. The van der Waals surface area contributed by atoms with Crippen LogP contribution in [0.3, 0.4) is 0 Å². The molecule has 5 heterocycles. The largest absolute Gasteiger partial charge is 0.458 e. The molecule has 2 unspecified atom stereocenters. The van der Waals surface area contributed by atoms with E-state index in [1.807, 2.05) is 48.5 Å². The lowest BCUT2D eigenvalue weighted by Crippen LogP contribution is -2.52. The zero-order chi connectivity index (χ0) is 70.7. The fraction of sp³-hybridized carbons (Fsp3) is 0.403. The summed E-state index contributed by atoms with van der Waals surface area (Å²) in [6, 6.07) is 25.0. The van der Waals surface area contributed by atoms with Gasteiger partial charge in [0.1, 0.15) is 31.8 Å². The summed E-state index contributed by atoms with van der Waals surface area (Å²) in [5.41, 5.74) is 5.03. The van der Waals surface area contributed by atoms with Crippen molar-refractivity contribution in [1.29, 1.82) is 0 Å². The van der Waals surface area contributed by atoms with E-state index in [1.54, 1.807) is 55.1 Å². The van der Waals surface area contributed by atoms with Crippen LogP contribution < -0.4 is 47.7 Å². The molecule has 8 N–H and O–H groups in total. The number of aromatic nitrogens is 2. The highest BCUT2D eigenvalue weighted by molar-refractivity contribution is 5.98. The third kappa shape index (κ3) is 18.1. The highest BCUT2D eigenvalue weighted by atomic mass is 19.1. The van der Waals surface area contributed by atoms with E-state index in [1.165, 1.54) is 10.6 Å². The average Bonchev–Trinajstić information content (AvgIpc) is 1.52. The van der Waals surface area contributed by atoms with Gasteiger partial charge in [0.25, 0.3) is 5.56 Å². The molecule has 1 aliphatic carbocycles. The number of nitrogens with zero attached hydrogens (tertiary/aromatic N) is 3. The van der Waals surface area contributed by atoms with Crippen LogP contribution in [0.1, 0.15) is 101 Å². The molecule has 0 fully saturated rings. The molecule has 526 valence electrons. The number of benzene rings is 4. The normalized spacial score (nSPS) is 15.5. The Morgan fingerprint density at radius 2 is 1.34 bits per heavy atom. The summed E-state index contributed by atoms with van der Waals surface area (Å²) in [6.07, 6.45) is 0.726. The van der Waals surface area contributed by atoms with E-state index in [4.69, 9.17) is 33.4 Å². The number of anilines is 1. The van der Waals surface area contributed by atoms with Gasteiger partial charge in [-0.05, 0) is 78.3 Å². The molecule has 0 bridgehead atoms. The average molecular weight is 1380 g/mol. The van der Waals surface area contributed by atoms with Crippen molar-refractivity contribution in [2.24, 2.45) is 0 Å². The first-order valence-electron chi connectivity index (χ1n) is 33.1. The number of hydrogen-bond donors (Lipinski definition) is 8. The molecular weight excluding hydrogens is 1300 g/mol. The summed E-state index contributed by atoms with van der Waals surface area (Å²) in [4.78, 5) is 137. The molecule has 28 heteroatoms. The van der Waals surface area contributed by atoms with Crippen LogP contribution in [0.25, 0.3) is 22.3 Å². The summed E-state index contributed by atoms with van der Waals surface area (Å²) in [6.45, 7) is 3.11. The Morgan fingerprint density at radius 1 is 0.690 bits per heavy atom. The maximum Gasteiger partial charge on any atom is 0.343 e. The lowest BCUT2D eigenvalue weighted by atomic mass is 9.81. The van der Waals surface area contributed by atoms with Crippen molar-refractivity contribution in [1.82, 2.24) is 46.8 Å². The van der Waals surface area contributed by atoms with E-state index in [0.29, 0.717) is 89.4 Å². The van der Waals surface area contributed by atoms with Crippen LogP contribution in [0.5, 0.6) is 0 Å². The number of ether oxygens (including phenoxy) is 6. The lowest BCUT2D eigenvalue weighted by Gasteiger charge is -2.31. The maximum atomic E-state index is 15.4. The van der Waals surface area contributed by atoms with Crippen LogP contribution in [-0.2, 0) is 110 Å². The molecule has 0 saturated heterocycles. The summed E-state index contributed by atoms with van der Waals surface area (Å²) in [5, 5.41) is 30.2. The van der Waals surface area contributed by atoms with E-state index in [0.717, 1.165) is 22.3 Å². The molecule has 4 aromatic carbocycles. The minimum Gasteiger partial charge on any atom is -0.458 e. The number of nitrogens with one attached hydrogen (secondary N) is 7. The van der Waals surface area contributed by atoms with Gasteiger partial charge in [0, 0.05) is 65.9 Å². The van der Waals surface area contributed by atoms with Crippen molar-refractivity contribution in [3.05, 3.63) is 163 Å². The molecule has 3 atom stereocenters. The minimum atomic E-state index is -2.06. The van der Waals surface area contributed by atoms with E-state index in [9.17, 15) is 53.1 Å². The van der Waals surface area contributed by atoms with Crippen LogP contribution in [0.2, 0.25) is 0 Å². The van der Waals surface area contributed by atoms with Gasteiger partial charge in [0.05, 0.1) is 120 Å². The number of esters is 1. The molecule has 100 heavy (non-hydrogen) atoms. The van der Waals surface area contributed by atoms with Gasteiger partial charge in [-0.1, -0.05) is 79.4 Å². The summed E-state index contributed by atoms with van der Waals surface area (Å²) >= 11 is 0. The molecule has 27 nitrogen and oxygen atoms in total. The number of aryl methyl sites for hydroxylation is 1. The Hall–Kier alpha value is -10.3. The minimum absolute atomic E-state index is 0.0252. The predicted octanol–water partition coefficient (Wildman–Crippen LogP) is 2.10. The summed E-state index contributed by atoms with van der Waals surface area (Å²) in [5.74, 6) is 0.755. The smallest absolute Gasteiger partial charge is 0.343 e. The zero-order valence-corrected chi connectivity index (χ0v) is 55.5. The van der Waals surface area contributed by atoms with Gasteiger partial charge in [-0.15, -0.1) is 0 Å². The van der Waals surface area contributed by atoms with Gasteiger partial charge >= 0.3 is 5.97 Å². The molecule has 4 aliphatic rings. The lowest BCUT2D eigenvalue weighted by molar-refractivity contribution is -0.172. The Balaban J connectivity index is 0.560. The van der Waals surface area contributed by atoms with Crippen LogP contribution in [0, 0.1) is 24.6 Å². The van der Waals surface area contributed by atoms with Gasteiger partial charge in [0.15, 0.2) is 5.60 Å². The number of fused-ring (bicyclic) bond motifs is 7. The van der Waals surface area contributed by atoms with Crippen molar-refractivity contribution < 1.29 is 81.1 Å². The second-order valence-electron chi connectivity index (χ2n) is 24.1. The topological polar surface area (TPSA) is 352 Å².